The SMILES string of the molecule is CC(CNc1ccnc(-c2c(Br)nc(-c3ccc(C(F)(F)F)cc3)n2COCC[Si](C)(C)C)n1)NC(=O)OC(C)(C)C. The minimum atomic E-state index is -4.44. The molecule has 3 aromatic rings. The van der Waals surface area contributed by atoms with Crippen molar-refractivity contribution >= 4 is 35.9 Å². The number of alkyl halides is 3. The van der Waals surface area contributed by atoms with E-state index in [1.165, 1.54) is 12.1 Å². The quantitative estimate of drug-likeness (QED) is 0.162. The second kappa shape index (κ2) is 13.6. The molecule has 0 aliphatic carbocycles. The Bertz CT molecular complexity index is 1350. The van der Waals surface area contributed by atoms with E-state index >= 15 is 0 Å². The summed E-state index contributed by atoms with van der Waals surface area (Å²) in [5.41, 5.74) is -0.346. The lowest BCUT2D eigenvalue weighted by atomic mass is 10.1. The molecule has 9 nitrogen and oxygen atoms in total. The predicted molar refractivity (Wildman–Crippen MR) is 163 cm³/mol. The van der Waals surface area contributed by atoms with Gasteiger partial charge in [0.25, 0.3) is 0 Å². The van der Waals surface area contributed by atoms with Gasteiger partial charge in [0.05, 0.1) is 5.56 Å². The van der Waals surface area contributed by atoms with Crippen LogP contribution in [-0.4, -0.2) is 58.5 Å². The Morgan fingerprint density at radius 3 is 2.36 bits per heavy atom. The van der Waals surface area contributed by atoms with Crippen LogP contribution in [-0.2, 0) is 22.4 Å². The van der Waals surface area contributed by atoms with Crippen molar-refractivity contribution in [1.29, 1.82) is 0 Å². The van der Waals surface area contributed by atoms with Gasteiger partial charge in [0.1, 0.15) is 34.3 Å². The standard InChI is InChI=1S/C28H38BrF3N6O3Si/c1-18(35-26(39)41-27(2,3)4)16-34-21-12-13-33-24(36-21)22-23(29)37-25(38(22)17-40-14-15-42(5,6)7)19-8-10-20(11-9-19)28(30,31)32/h8-13,18H,14-17H2,1-7H3,(H,35,39)(H,33,34,36). The molecule has 0 saturated heterocycles. The predicted octanol–water partition coefficient (Wildman–Crippen LogP) is 7.43. The molecule has 14 heteroatoms. The summed E-state index contributed by atoms with van der Waals surface area (Å²) in [6.07, 6.45) is -3.37. The number of ether oxygens (including phenoxy) is 2. The number of carbonyl (C=O) groups is 1. The van der Waals surface area contributed by atoms with Crippen LogP contribution in [0, 0.1) is 0 Å². The largest absolute Gasteiger partial charge is 0.444 e. The number of halogens is 4. The number of hydrogen-bond acceptors (Lipinski definition) is 7. The van der Waals surface area contributed by atoms with Gasteiger partial charge >= 0.3 is 12.3 Å². The van der Waals surface area contributed by atoms with Crippen molar-refractivity contribution in [1.82, 2.24) is 24.8 Å². The van der Waals surface area contributed by atoms with Crippen LogP contribution in [0.15, 0.2) is 41.1 Å². The molecule has 0 aliphatic rings. The molecule has 230 valence electrons. The summed E-state index contributed by atoms with van der Waals surface area (Å²) in [6.45, 7) is 15.0. The number of hydrogen-bond donors (Lipinski definition) is 2. The Hall–Kier alpha value is -2.97. The molecule has 0 saturated carbocycles. The average Bonchev–Trinajstić information content (AvgIpc) is 3.19. The number of imidazole rings is 1. The highest BCUT2D eigenvalue weighted by molar-refractivity contribution is 9.10. The van der Waals surface area contributed by atoms with Crippen LogP contribution in [0.25, 0.3) is 22.9 Å². The van der Waals surface area contributed by atoms with E-state index in [2.05, 4.69) is 61.2 Å². The smallest absolute Gasteiger partial charge is 0.416 e. The molecule has 1 atom stereocenters. The first-order chi connectivity index (χ1) is 19.4. The summed E-state index contributed by atoms with van der Waals surface area (Å²) in [5, 5.41) is 5.96. The molecule has 1 amide bonds. The summed E-state index contributed by atoms with van der Waals surface area (Å²) in [5.74, 6) is 1.25. The van der Waals surface area contributed by atoms with Gasteiger partial charge in [-0.1, -0.05) is 31.8 Å². The number of benzene rings is 1. The van der Waals surface area contributed by atoms with E-state index in [-0.39, 0.29) is 12.8 Å². The summed E-state index contributed by atoms with van der Waals surface area (Å²) in [7, 11) is -1.35. The molecule has 3 rings (SSSR count). The molecule has 0 bridgehead atoms. The normalized spacial score (nSPS) is 13.1. The number of aromatic nitrogens is 4. The van der Waals surface area contributed by atoms with Crippen molar-refractivity contribution in [2.24, 2.45) is 0 Å². The molecule has 0 radical (unpaired) electrons. The lowest BCUT2D eigenvalue weighted by Gasteiger charge is -2.22. The lowest BCUT2D eigenvalue weighted by molar-refractivity contribution is -0.137. The second-order valence-corrected chi connectivity index (χ2v) is 18.5. The second-order valence-electron chi connectivity index (χ2n) is 12.1. The van der Waals surface area contributed by atoms with Crippen molar-refractivity contribution in [2.45, 2.75) is 77.9 Å². The van der Waals surface area contributed by atoms with E-state index < -0.39 is 31.5 Å². The fraction of sp³-hybridized carbons (Fsp3) is 0.500. The zero-order valence-electron chi connectivity index (χ0n) is 24.9. The number of nitrogens with zero attached hydrogens (tertiary/aromatic N) is 4. The summed E-state index contributed by atoms with van der Waals surface area (Å²) < 4.78 is 53.0. The molecule has 0 fully saturated rings. The fourth-order valence-electron chi connectivity index (χ4n) is 3.71. The Kier molecular flexibility index (Phi) is 10.8. The highest BCUT2D eigenvalue weighted by atomic mass is 79.9. The highest BCUT2D eigenvalue weighted by Crippen LogP contribution is 2.34. The van der Waals surface area contributed by atoms with Gasteiger partial charge in [-0.15, -0.1) is 0 Å². The van der Waals surface area contributed by atoms with Crippen LogP contribution >= 0.6 is 15.9 Å². The van der Waals surface area contributed by atoms with E-state index in [0.29, 0.717) is 46.5 Å². The van der Waals surface area contributed by atoms with Crippen molar-refractivity contribution in [3.05, 3.63) is 46.7 Å². The molecule has 2 N–H and O–H groups in total. The van der Waals surface area contributed by atoms with Gasteiger partial charge < -0.3 is 20.1 Å². The minimum Gasteiger partial charge on any atom is -0.444 e. The topological polar surface area (TPSA) is 103 Å². The number of amides is 1. The van der Waals surface area contributed by atoms with Gasteiger partial charge in [-0.3, -0.25) is 4.57 Å². The molecule has 2 heterocycles. The third kappa shape index (κ3) is 10.1. The van der Waals surface area contributed by atoms with Crippen LogP contribution in [0.5, 0.6) is 0 Å². The van der Waals surface area contributed by atoms with E-state index in [9.17, 15) is 18.0 Å². The number of carbonyl (C=O) groups excluding carboxylic acids is 1. The molecule has 2 aromatic heterocycles. The monoisotopic (exact) mass is 670 g/mol. The van der Waals surface area contributed by atoms with Gasteiger partial charge in [-0.2, -0.15) is 13.2 Å². The number of nitrogens with one attached hydrogen (secondary N) is 2. The van der Waals surface area contributed by atoms with Crippen molar-refractivity contribution in [2.75, 3.05) is 18.5 Å². The Morgan fingerprint density at radius 2 is 1.76 bits per heavy atom. The van der Waals surface area contributed by atoms with Gasteiger partial charge in [-0.25, -0.2) is 19.7 Å². The van der Waals surface area contributed by atoms with Crippen LogP contribution in [0.2, 0.25) is 25.7 Å². The van der Waals surface area contributed by atoms with E-state index in [4.69, 9.17) is 9.47 Å². The molecule has 1 aromatic carbocycles. The maximum atomic E-state index is 13.2. The van der Waals surface area contributed by atoms with E-state index in [1.54, 1.807) is 37.6 Å². The van der Waals surface area contributed by atoms with Crippen molar-refractivity contribution < 1.29 is 27.4 Å². The zero-order valence-corrected chi connectivity index (χ0v) is 27.5. The van der Waals surface area contributed by atoms with Crippen molar-refractivity contribution in [3.63, 3.8) is 0 Å². The van der Waals surface area contributed by atoms with Crippen LogP contribution < -0.4 is 10.6 Å². The van der Waals surface area contributed by atoms with Crippen LogP contribution in [0.4, 0.5) is 23.8 Å². The molecule has 42 heavy (non-hydrogen) atoms. The zero-order chi connectivity index (χ0) is 31.3. The first-order valence-electron chi connectivity index (χ1n) is 13.5. The van der Waals surface area contributed by atoms with E-state index in [0.717, 1.165) is 18.2 Å². The summed E-state index contributed by atoms with van der Waals surface area (Å²) in [6, 6.07) is 7.21. The molecule has 1 unspecified atom stereocenters. The van der Waals surface area contributed by atoms with Crippen LogP contribution in [0.1, 0.15) is 33.3 Å². The van der Waals surface area contributed by atoms with Gasteiger partial charge in [-0.05, 0) is 67.9 Å². The third-order valence-electron chi connectivity index (χ3n) is 5.83. The Labute approximate surface area is 253 Å². The van der Waals surface area contributed by atoms with Crippen molar-refractivity contribution in [3.8, 4) is 22.9 Å². The molecular weight excluding hydrogens is 633 g/mol. The van der Waals surface area contributed by atoms with Gasteiger partial charge in [0, 0.05) is 39.0 Å². The highest BCUT2D eigenvalue weighted by Gasteiger charge is 2.30. The fourth-order valence-corrected chi connectivity index (χ4v) is 5.03. The van der Waals surface area contributed by atoms with Gasteiger partial charge in [0.2, 0.25) is 0 Å². The molecule has 0 aliphatic heterocycles. The minimum absolute atomic E-state index is 0.104. The summed E-state index contributed by atoms with van der Waals surface area (Å²) in [4.78, 5) is 25.8. The average molecular weight is 672 g/mol. The molecule has 0 spiro atoms. The number of rotatable bonds is 11. The maximum Gasteiger partial charge on any atom is 0.416 e. The summed E-state index contributed by atoms with van der Waals surface area (Å²) >= 11 is 3.50. The van der Waals surface area contributed by atoms with Gasteiger partial charge in [0.15, 0.2) is 5.82 Å². The molecular formula is C28H38BrF3N6O3Si. The number of alkyl carbamates (subject to hydrolysis) is 1. The van der Waals surface area contributed by atoms with E-state index in [1.807, 2.05) is 6.92 Å². The third-order valence-corrected chi connectivity index (χ3v) is 8.09. The first-order valence-corrected chi connectivity index (χ1v) is 18.0. The Morgan fingerprint density at radius 1 is 1.10 bits per heavy atom. The first kappa shape index (κ1) is 33.5. The lowest BCUT2D eigenvalue weighted by Crippen LogP contribution is -2.40. The van der Waals surface area contributed by atoms with Crippen LogP contribution in [0.3, 0.4) is 0 Å². The maximum absolute atomic E-state index is 13.2. The Balaban J connectivity index is 1.87. The number of anilines is 1.